The minimum absolute atomic E-state index is 0.141. The SMILES string of the molecule is C=C/C=C\C(=C/C)B(/C(=C/C=C\C)CC)c1ccc(-c2cc(-c3ccc(C(/C=C\C)=C/C)cc3)cc(-c3ccc(-c4ccccc4)cc3)n2)cc1. The normalized spacial score (nSPS) is 12.7. The highest BCUT2D eigenvalue weighted by Crippen LogP contribution is 2.32. The zero-order valence-corrected chi connectivity index (χ0v) is 30.7. The van der Waals surface area contributed by atoms with Crippen LogP contribution in [0.25, 0.3) is 50.3 Å². The molecule has 1 aromatic heterocycles. The van der Waals surface area contributed by atoms with Crippen LogP contribution < -0.4 is 5.46 Å². The van der Waals surface area contributed by atoms with Gasteiger partial charge in [0.2, 0.25) is 6.71 Å². The highest BCUT2D eigenvalue weighted by Gasteiger charge is 2.23. The fraction of sp³-hybridized carbons (Fsp3) is 0.122. The second kappa shape index (κ2) is 18.3. The molecular formula is C49H48BN. The number of hydrogen-bond donors (Lipinski definition) is 0. The molecule has 4 aromatic carbocycles. The summed E-state index contributed by atoms with van der Waals surface area (Å²) < 4.78 is 0. The van der Waals surface area contributed by atoms with Gasteiger partial charge in [0.15, 0.2) is 0 Å². The van der Waals surface area contributed by atoms with Gasteiger partial charge in [-0.05, 0) is 79.6 Å². The maximum absolute atomic E-state index is 5.27. The van der Waals surface area contributed by atoms with Gasteiger partial charge in [0.1, 0.15) is 0 Å². The van der Waals surface area contributed by atoms with Crippen molar-refractivity contribution in [1.82, 2.24) is 4.98 Å². The van der Waals surface area contributed by atoms with Gasteiger partial charge < -0.3 is 0 Å². The summed E-state index contributed by atoms with van der Waals surface area (Å²) in [6, 6.07) is 41.5. The van der Waals surface area contributed by atoms with E-state index in [0.29, 0.717) is 0 Å². The molecule has 0 aliphatic rings. The number of aromatic nitrogens is 1. The van der Waals surface area contributed by atoms with Crippen molar-refractivity contribution in [3.05, 3.63) is 199 Å². The Morgan fingerprint density at radius 1 is 0.608 bits per heavy atom. The fourth-order valence-corrected chi connectivity index (χ4v) is 6.49. The Morgan fingerprint density at radius 2 is 1.18 bits per heavy atom. The van der Waals surface area contributed by atoms with Crippen LogP contribution in [0.15, 0.2) is 194 Å². The number of benzene rings is 4. The van der Waals surface area contributed by atoms with Crippen LogP contribution in [0.4, 0.5) is 0 Å². The molecule has 51 heavy (non-hydrogen) atoms. The molecule has 0 saturated carbocycles. The summed E-state index contributed by atoms with van der Waals surface area (Å²) >= 11 is 0. The zero-order valence-electron chi connectivity index (χ0n) is 30.7. The first-order valence-electron chi connectivity index (χ1n) is 18.0. The lowest BCUT2D eigenvalue weighted by Gasteiger charge is -2.19. The molecule has 0 fully saturated rings. The minimum Gasteiger partial charge on any atom is -0.248 e. The molecule has 0 saturated heterocycles. The predicted octanol–water partition coefficient (Wildman–Crippen LogP) is 13.1. The first-order valence-corrected chi connectivity index (χ1v) is 18.0. The fourth-order valence-electron chi connectivity index (χ4n) is 6.49. The van der Waals surface area contributed by atoms with Gasteiger partial charge in [0.25, 0.3) is 0 Å². The molecular weight excluding hydrogens is 613 g/mol. The Hall–Kier alpha value is -5.73. The summed E-state index contributed by atoms with van der Waals surface area (Å²) in [5.74, 6) is 0. The average Bonchev–Trinajstić information content (AvgIpc) is 3.20. The smallest absolute Gasteiger partial charge is 0.236 e. The van der Waals surface area contributed by atoms with E-state index in [-0.39, 0.29) is 6.71 Å². The predicted molar refractivity (Wildman–Crippen MR) is 226 cm³/mol. The zero-order chi connectivity index (χ0) is 36.0. The van der Waals surface area contributed by atoms with E-state index in [2.05, 4.69) is 205 Å². The van der Waals surface area contributed by atoms with E-state index in [9.17, 15) is 0 Å². The second-order valence-electron chi connectivity index (χ2n) is 12.5. The van der Waals surface area contributed by atoms with Gasteiger partial charge in [-0.1, -0.05) is 194 Å². The van der Waals surface area contributed by atoms with E-state index in [4.69, 9.17) is 4.98 Å². The molecule has 0 atom stereocenters. The lowest BCUT2D eigenvalue weighted by Crippen LogP contribution is -2.34. The molecule has 1 heterocycles. The highest BCUT2D eigenvalue weighted by atomic mass is 14.7. The van der Waals surface area contributed by atoms with Gasteiger partial charge in [0, 0.05) is 11.1 Å². The Balaban J connectivity index is 1.60. The maximum atomic E-state index is 5.27. The third-order valence-corrected chi connectivity index (χ3v) is 9.23. The molecule has 0 amide bonds. The quantitative estimate of drug-likeness (QED) is 0.0904. The van der Waals surface area contributed by atoms with Crippen LogP contribution >= 0.6 is 0 Å². The van der Waals surface area contributed by atoms with Crippen molar-refractivity contribution in [2.24, 2.45) is 0 Å². The van der Waals surface area contributed by atoms with Crippen LogP contribution in [0.5, 0.6) is 0 Å². The van der Waals surface area contributed by atoms with E-state index < -0.39 is 0 Å². The molecule has 1 nitrogen and oxygen atoms in total. The van der Waals surface area contributed by atoms with E-state index >= 15 is 0 Å². The van der Waals surface area contributed by atoms with Crippen LogP contribution in [0.3, 0.4) is 0 Å². The molecule has 0 aliphatic carbocycles. The van der Waals surface area contributed by atoms with Gasteiger partial charge in [-0.25, -0.2) is 4.98 Å². The van der Waals surface area contributed by atoms with Crippen LogP contribution in [-0.2, 0) is 0 Å². The summed E-state index contributed by atoms with van der Waals surface area (Å²) in [6.45, 7) is 14.6. The molecule has 0 bridgehead atoms. The molecule has 0 N–H and O–H groups in total. The van der Waals surface area contributed by atoms with Gasteiger partial charge in [-0.3, -0.25) is 0 Å². The van der Waals surface area contributed by atoms with Crippen LogP contribution in [-0.4, -0.2) is 11.7 Å². The van der Waals surface area contributed by atoms with Gasteiger partial charge in [-0.15, -0.1) is 0 Å². The lowest BCUT2D eigenvalue weighted by atomic mass is 9.35. The van der Waals surface area contributed by atoms with E-state index in [0.717, 1.165) is 40.1 Å². The Labute approximate surface area is 306 Å². The minimum atomic E-state index is 0.141. The van der Waals surface area contributed by atoms with E-state index in [1.807, 2.05) is 12.2 Å². The van der Waals surface area contributed by atoms with Crippen molar-refractivity contribution < 1.29 is 0 Å². The lowest BCUT2D eigenvalue weighted by molar-refractivity contribution is 1.18. The van der Waals surface area contributed by atoms with Crippen LogP contribution in [0, 0.1) is 0 Å². The monoisotopic (exact) mass is 661 g/mol. The summed E-state index contributed by atoms with van der Waals surface area (Å²) in [5.41, 5.74) is 15.0. The molecule has 0 aliphatic heterocycles. The van der Waals surface area contributed by atoms with Gasteiger partial charge in [-0.2, -0.15) is 0 Å². The number of pyridine rings is 1. The standard InChI is InChI=1S/C49H48BN/c1-7-13-21-45(11-5)50(46(12-6)22-14-8-2)47-33-31-43(32-34-47)49-36-44(41-25-23-39(24-26-41)37(10-4)18-9-3)35-48(51-49)42-29-27-40(28-30-42)38-19-16-15-17-20-38/h7-11,13-36H,1,12H2,2-6H3/b14-8-,18-9-,21-13-,37-10+,45-11+,46-22+. The summed E-state index contributed by atoms with van der Waals surface area (Å²) in [4.78, 5) is 5.27. The van der Waals surface area contributed by atoms with Crippen molar-refractivity contribution in [2.45, 2.75) is 41.0 Å². The maximum Gasteiger partial charge on any atom is 0.236 e. The number of nitrogens with zero attached hydrogens (tertiary/aromatic N) is 1. The topological polar surface area (TPSA) is 12.9 Å². The Morgan fingerprint density at radius 3 is 1.73 bits per heavy atom. The molecule has 2 heteroatoms. The third kappa shape index (κ3) is 9.09. The van der Waals surface area contributed by atoms with Crippen molar-refractivity contribution in [3.63, 3.8) is 0 Å². The van der Waals surface area contributed by atoms with Gasteiger partial charge >= 0.3 is 0 Å². The molecule has 0 radical (unpaired) electrons. The molecule has 5 rings (SSSR count). The first kappa shape index (κ1) is 36.6. The molecule has 0 spiro atoms. The first-order chi connectivity index (χ1) is 25.0. The molecule has 5 aromatic rings. The van der Waals surface area contributed by atoms with Crippen LogP contribution in [0.2, 0.25) is 0 Å². The average molecular weight is 662 g/mol. The number of rotatable bonds is 13. The summed E-state index contributed by atoms with van der Waals surface area (Å²) in [7, 11) is 0. The Bertz CT molecular complexity index is 2090. The summed E-state index contributed by atoms with van der Waals surface area (Å²) in [6.07, 6.45) is 22.1. The van der Waals surface area contributed by atoms with E-state index in [1.54, 1.807) is 0 Å². The van der Waals surface area contributed by atoms with Crippen molar-refractivity contribution in [2.75, 3.05) is 0 Å². The third-order valence-electron chi connectivity index (χ3n) is 9.23. The van der Waals surface area contributed by atoms with Crippen molar-refractivity contribution in [1.29, 1.82) is 0 Å². The van der Waals surface area contributed by atoms with Crippen molar-refractivity contribution in [3.8, 4) is 44.8 Å². The number of allylic oxidation sites excluding steroid dienone is 13. The highest BCUT2D eigenvalue weighted by molar-refractivity contribution is 6.86. The Kier molecular flexibility index (Phi) is 13.1. The van der Waals surface area contributed by atoms with Crippen LogP contribution in [0.1, 0.15) is 46.6 Å². The summed E-state index contributed by atoms with van der Waals surface area (Å²) in [5, 5.41) is 0. The number of hydrogen-bond acceptors (Lipinski definition) is 1. The largest absolute Gasteiger partial charge is 0.248 e. The van der Waals surface area contributed by atoms with E-state index in [1.165, 1.54) is 38.7 Å². The second-order valence-corrected chi connectivity index (χ2v) is 12.5. The van der Waals surface area contributed by atoms with Gasteiger partial charge in [0.05, 0.1) is 11.4 Å². The molecule has 252 valence electrons. The van der Waals surface area contributed by atoms with Crippen molar-refractivity contribution >= 4 is 17.7 Å². The molecule has 0 unspecified atom stereocenters.